The van der Waals surface area contributed by atoms with E-state index in [0.29, 0.717) is 0 Å². The molecular weight excluding hydrogens is 260 g/mol. The van der Waals surface area contributed by atoms with E-state index in [1.807, 2.05) is 18.6 Å². The SMILES string of the molecule is CCCNC(c1ccncc1CC)c1nccn1CCC. The Labute approximate surface area is 127 Å². The predicted molar refractivity (Wildman–Crippen MR) is 86.3 cm³/mol. The molecule has 114 valence electrons. The number of pyridine rings is 1. The lowest BCUT2D eigenvalue weighted by Gasteiger charge is -2.22. The van der Waals surface area contributed by atoms with E-state index in [0.717, 1.165) is 38.2 Å². The maximum absolute atomic E-state index is 4.62. The van der Waals surface area contributed by atoms with Gasteiger partial charge in [0.1, 0.15) is 5.82 Å². The molecule has 0 bridgehead atoms. The van der Waals surface area contributed by atoms with Crippen molar-refractivity contribution in [1.29, 1.82) is 0 Å². The van der Waals surface area contributed by atoms with E-state index in [4.69, 9.17) is 0 Å². The molecule has 2 heterocycles. The molecule has 2 aromatic heterocycles. The van der Waals surface area contributed by atoms with Gasteiger partial charge in [-0.1, -0.05) is 20.8 Å². The first kappa shape index (κ1) is 15.7. The average molecular weight is 286 g/mol. The Morgan fingerprint density at radius 2 is 2.05 bits per heavy atom. The van der Waals surface area contributed by atoms with Crippen LogP contribution >= 0.6 is 0 Å². The summed E-state index contributed by atoms with van der Waals surface area (Å²) in [6.45, 7) is 8.55. The smallest absolute Gasteiger partial charge is 0.130 e. The molecule has 4 nitrogen and oxygen atoms in total. The van der Waals surface area contributed by atoms with E-state index in [1.54, 1.807) is 0 Å². The molecule has 4 heteroatoms. The molecule has 0 aromatic carbocycles. The molecule has 0 fully saturated rings. The average Bonchev–Trinajstić information content (AvgIpc) is 2.97. The Balaban J connectivity index is 2.40. The quantitative estimate of drug-likeness (QED) is 0.809. The van der Waals surface area contributed by atoms with Crippen LogP contribution in [0.3, 0.4) is 0 Å². The third-order valence-electron chi connectivity index (χ3n) is 3.70. The van der Waals surface area contributed by atoms with Crippen LogP contribution in [-0.4, -0.2) is 21.1 Å². The van der Waals surface area contributed by atoms with Crippen molar-refractivity contribution in [2.24, 2.45) is 0 Å². The molecule has 1 atom stereocenters. The maximum atomic E-state index is 4.62. The fraction of sp³-hybridized carbons (Fsp3) is 0.529. The molecular formula is C17H26N4. The van der Waals surface area contributed by atoms with Crippen molar-refractivity contribution in [2.45, 2.75) is 52.6 Å². The summed E-state index contributed by atoms with van der Waals surface area (Å²) < 4.78 is 2.26. The van der Waals surface area contributed by atoms with Crippen LogP contribution in [0.4, 0.5) is 0 Å². The van der Waals surface area contributed by atoms with Gasteiger partial charge in [0.15, 0.2) is 0 Å². The van der Waals surface area contributed by atoms with Crippen molar-refractivity contribution in [2.75, 3.05) is 6.54 Å². The summed E-state index contributed by atoms with van der Waals surface area (Å²) in [5.74, 6) is 1.10. The number of hydrogen-bond donors (Lipinski definition) is 1. The standard InChI is InChI=1S/C17H26N4/c1-4-8-19-16(15-7-9-18-13-14(15)6-3)17-20-10-12-21(17)11-5-2/h7,9-10,12-13,16,19H,4-6,8,11H2,1-3H3. The Hall–Kier alpha value is -1.68. The topological polar surface area (TPSA) is 42.7 Å². The second-order valence-electron chi connectivity index (χ2n) is 5.29. The third kappa shape index (κ3) is 3.70. The van der Waals surface area contributed by atoms with Gasteiger partial charge < -0.3 is 9.88 Å². The van der Waals surface area contributed by atoms with E-state index in [2.05, 4.69) is 52.9 Å². The number of imidazole rings is 1. The predicted octanol–water partition coefficient (Wildman–Crippen LogP) is 3.34. The summed E-state index contributed by atoms with van der Waals surface area (Å²) >= 11 is 0. The van der Waals surface area contributed by atoms with E-state index in [1.165, 1.54) is 11.1 Å². The fourth-order valence-electron chi connectivity index (χ4n) is 2.65. The minimum absolute atomic E-state index is 0.143. The molecule has 0 amide bonds. The van der Waals surface area contributed by atoms with Gasteiger partial charge in [-0.05, 0) is 43.0 Å². The molecule has 0 aliphatic heterocycles. The van der Waals surface area contributed by atoms with Crippen LogP contribution in [-0.2, 0) is 13.0 Å². The summed E-state index contributed by atoms with van der Waals surface area (Å²) in [5, 5.41) is 3.65. The summed E-state index contributed by atoms with van der Waals surface area (Å²) in [6.07, 6.45) is 11.0. The number of aromatic nitrogens is 3. The van der Waals surface area contributed by atoms with Crippen molar-refractivity contribution in [1.82, 2.24) is 19.9 Å². The van der Waals surface area contributed by atoms with Gasteiger partial charge in [-0.25, -0.2) is 4.98 Å². The van der Waals surface area contributed by atoms with E-state index in [-0.39, 0.29) is 6.04 Å². The van der Waals surface area contributed by atoms with E-state index < -0.39 is 0 Å². The Bertz CT molecular complexity index is 547. The van der Waals surface area contributed by atoms with Gasteiger partial charge in [-0.2, -0.15) is 0 Å². The van der Waals surface area contributed by atoms with Crippen LogP contribution in [0, 0.1) is 0 Å². The molecule has 0 radical (unpaired) electrons. The zero-order chi connectivity index (χ0) is 15.1. The Kier molecular flexibility index (Phi) is 5.93. The monoisotopic (exact) mass is 286 g/mol. The van der Waals surface area contributed by atoms with Gasteiger partial charge in [0, 0.05) is 31.3 Å². The highest BCUT2D eigenvalue weighted by Crippen LogP contribution is 2.24. The molecule has 1 N–H and O–H groups in total. The Morgan fingerprint density at radius 3 is 2.76 bits per heavy atom. The molecule has 0 spiro atoms. The first-order chi connectivity index (χ1) is 10.3. The number of hydrogen-bond acceptors (Lipinski definition) is 3. The van der Waals surface area contributed by atoms with Gasteiger partial charge in [0.05, 0.1) is 6.04 Å². The lowest BCUT2D eigenvalue weighted by atomic mass is 10.00. The molecule has 0 aliphatic rings. The largest absolute Gasteiger partial charge is 0.333 e. The maximum Gasteiger partial charge on any atom is 0.130 e. The summed E-state index contributed by atoms with van der Waals surface area (Å²) in [7, 11) is 0. The van der Waals surface area contributed by atoms with Gasteiger partial charge in [-0.15, -0.1) is 0 Å². The van der Waals surface area contributed by atoms with Crippen molar-refractivity contribution in [3.63, 3.8) is 0 Å². The highest BCUT2D eigenvalue weighted by atomic mass is 15.1. The Morgan fingerprint density at radius 1 is 1.19 bits per heavy atom. The highest BCUT2D eigenvalue weighted by molar-refractivity contribution is 5.31. The number of nitrogens with one attached hydrogen (secondary N) is 1. The zero-order valence-corrected chi connectivity index (χ0v) is 13.3. The molecule has 2 rings (SSSR count). The first-order valence-electron chi connectivity index (χ1n) is 7.98. The van der Waals surface area contributed by atoms with Gasteiger partial charge in [0.2, 0.25) is 0 Å². The normalized spacial score (nSPS) is 12.5. The zero-order valence-electron chi connectivity index (χ0n) is 13.3. The number of nitrogens with zero attached hydrogens (tertiary/aromatic N) is 3. The minimum Gasteiger partial charge on any atom is -0.333 e. The molecule has 0 aliphatic carbocycles. The number of rotatable bonds is 8. The molecule has 21 heavy (non-hydrogen) atoms. The summed E-state index contributed by atoms with van der Waals surface area (Å²) in [6, 6.07) is 2.27. The van der Waals surface area contributed by atoms with E-state index in [9.17, 15) is 0 Å². The molecule has 2 aromatic rings. The second-order valence-corrected chi connectivity index (χ2v) is 5.29. The molecule has 1 unspecified atom stereocenters. The highest BCUT2D eigenvalue weighted by Gasteiger charge is 2.20. The van der Waals surface area contributed by atoms with Crippen molar-refractivity contribution < 1.29 is 0 Å². The van der Waals surface area contributed by atoms with Crippen molar-refractivity contribution in [3.05, 3.63) is 47.8 Å². The van der Waals surface area contributed by atoms with Gasteiger partial charge in [-0.3, -0.25) is 4.98 Å². The van der Waals surface area contributed by atoms with Crippen LogP contribution in [0.15, 0.2) is 30.9 Å². The fourth-order valence-corrected chi connectivity index (χ4v) is 2.65. The number of aryl methyl sites for hydroxylation is 2. The third-order valence-corrected chi connectivity index (χ3v) is 3.70. The van der Waals surface area contributed by atoms with Crippen molar-refractivity contribution >= 4 is 0 Å². The van der Waals surface area contributed by atoms with Gasteiger partial charge >= 0.3 is 0 Å². The van der Waals surface area contributed by atoms with Crippen LogP contribution in [0.5, 0.6) is 0 Å². The lowest BCUT2D eigenvalue weighted by molar-refractivity contribution is 0.527. The lowest BCUT2D eigenvalue weighted by Crippen LogP contribution is -2.27. The van der Waals surface area contributed by atoms with Crippen LogP contribution in [0.25, 0.3) is 0 Å². The second kappa shape index (κ2) is 7.93. The van der Waals surface area contributed by atoms with Crippen LogP contribution < -0.4 is 5.32 Å². The minimum atomic E-state index is 0.143. The van der Waals surface area contributed by atoms with Crippen LogP contribution in [0.2, 0.25) is 0 Å². The van der Waals surface area contributed by atoms with Crippen LogP contribution in [0.1, 0.15) is 56.6 Å². The molecule has 0 saturated carbocycles. The first-order valence-corrected chi connectivity index (χ1v) is 7.98. The van der Waals surface area contributed by atoms with E-state index >= 15 is 0 Å². The summed E-state index contributed by atoms with van der Waals surface area (Å²) in [4.78, 5) is 8.88. The van der Waals surface area contributed by atoms with Crippen molar-refractivity contribution in [3.8, 4) is 0 Å². The summed E-state index contributed by atoms with van der Waals surface area (Å²) in [5.41, 5.74) is 2.58. The molecule has 0 saturated heterocycles. The van der Waals surface area contributed by atoms with Gasteiger partial charge in [0.25, 0.3) is 0 Å².